The van der Waals surface area contributed by atoms with Gasteiger partial charge in [-0.25, -0.2) is 5.43 Å². The van der Waals surface area contributed by atoms with Crippen LogP contribution in [0.25, 0.3) is 0 Å². The van der Waals surface area contributed by atoms with Crippen LogP contribution in [0.15, 0.2) is 53.6 Å². The summed E-state index contributed by atoms with van der Waals surface area (Å²) in [4.78, 5) is 25.9. The van der Waals surface area contributed by atoms with Crippen molar-refractivity contribution in [1.29, 1.82) is 0 Å². The average molecular weight is 434 g/mol. The Bertz CT molecular complexity index is 1110. The van der Waals surface area contributed by atoms with Crippen molar-refractivity contribution in [3.8, 4) is 0 Å². The Morgan fingerprint density at radius 1 is 1.09 bits per heavy atom. The molecule has 1 saturated heterocycles. The van der Waals surface area contributed by atoms with Crippen LogP contribution in [-0.4, -0.2) is 52.4 Å². The number of nitro groups is 1. The van der Waals surface area contributed by atoms with Gasteiger partial charge in [-0.05, 0) is 18.6 Å². The van der Waals surface area contributed by atoms with E-state index < -0.39 is 4.92 Å². The van der Waals surface area contributed by atoms with Gasteiger partial charge in [0.25, 0.3) is 5.69 Å². The van der Waals surface area contributed by atoms with Crippen LogP contribution in [0.5, 0.6) is 0 Å². The lowest BCUT2D eigenvalue weighted by atomic mass is 10.2. The number of non-ortho nitro benzene ring substituents is 1. The van der Waals surface area contributed by atoms with Crippen molar-refractivity contribution in [3.05, 3.63) is 69.8 Å². The van der Waals surface area contributed by atoms with Crippen LogP contribution in [0, 0.1) is 17.0 Å². The van der Waals surface area contributed by atoms with E-state index in [0.29, 0.717) is 37.9 Å². The van der Waals surface area contributed by atoms with Crippen LogP contribution < -0.4 is 15.6 Å². The Morgan fingerprint density at radius 2 is 1.84 bits per heavy atom. The van der Waals surface area contributed by atoms with Gasteiger partial charge in [-0.1, -0.05) is 35.9 Å². The maximum absolute atomic E-state index is 11.1. The molecule has 0 unspecified atom stereocenters. The quantitative estimate of drug-likeness (QED) is 0.327. The van der Waals surface area contributed by atoms with Crippen molar-refractivity contribution in [1.82, 2.24) is 15.0 Å². The Morgan fingerprint density at radius 3 is 2.59 bits per heavy atom. The fourth-order valence-corrected chi connectivity index (χ4v) is 3.02. The molecular weight excluding hydrogens is 412 g/mol. The zero-order valence-electron chi connectivity index (χ0n) is 17.4. The van der Waals surface area contributed by atoms with E-state index >= 15 is 0 Å². The third-order valence-electron chi connectivity index (χ3n) is 4.69. The summed E-state index contributed by atoms with van der Waals surface area (Å²) in [6, 6.07) is 14.1. The van der Waals surface area contributed by atoms with Crippen molar-refractivity contribution in [3.63, 3.8) is 0 Å². The van der Waals surface area contributed by atoms with Gasteiger partial charge in [0.2, 0.25) is 17.8 Å². The number of benzene rings is 2. The lowest BCUT2D eigenvalue weighted by molar-refractivity contribution is -0.384. The van der Waals surface area contributed by atoms with Crippen LogP contribution in [0.1, 0.15) is 11.1 Å². The Balaban J connectivity index is 1.58. The number of aromatic nitrogens is 3. The fraction of sp³-hybridized carbons (Fsp3) is 0.238. The molecule has 0 bridgehead atoms. The van der Waals surface area contributed by atoms with Crippen molar-refractivity contribution in [2.75, 3.05) is 41.9 Å². The largest absolute Gasteiger partial charge is 0.378 e. The molecule has 4 rings (SSSR count). The molecule has 2 heterocycles. The number of hydrogen-bond acceptors (Lipinski definition) is 10. The molecule has 0 atom stereocenters. The summed E-state index contributed by atoms with van der Waals surface area (Å²) in [5.41, 5.74) is 5.41. The van der Waals surface area contributed by atoms with E-state index in [0.717, 1.165) is 5.56 Å². The number of nitrogens with zero attached hydrogens (tertiary/aromatic N) is 6. The monoisotopic (exact) mass is 434 g/mol. The summed E-state index contributed by atoms with van der Waals surface area (Å²) < 4.78 is 5.40. The number of ether oxygens (including phenoxy) is 1. The van der Waals surface area contributed by atoms with E-state index in [-0.39, 0.29) is 17.6 Å². The first-order valence-electron chi connectivity index (χ1n) is 10.0. The molecule has 1 aliphatic rings. The normalized spacial score (nSPS) is 13.8. The maximum atomic E-state index is 11.1. The zero-order valence-corrected chi connectivity index (χ0v) is 17.4. The lowest BCUT2D eigenvalue weighted by Gasteiger charge is -2.27. The predicted octanol–water partition coefficient (Wildman–Crippen LogP) is 3.11. The SMILES string of the molecule is Cc1ccc(/C=N/Nc2nc(Nc3cccc([N+](=O)[O-])c3)nc(N3CCOCC3)n2)cc1. The molecule has 1 aliphatic heterocycles. The lowest BCUT2D eigenvalue weighted by Crippen LogP contribution is -2.37. The second-order valence-corrected chi connectivity index (χ2v) is 7.10. The molecule has 11 nitrogen and oxygen atoms in total. The van der Waals surface area contributed by atoms with Crippen molar-refractivity contribution in [2.24, 2.45) is 5.10 Å². The Labute approximate surface area is 184 Å². The second-order valence-electron chi connectivity index (χ2n) is 7.10. The van der Waals surface area contributed by atoms with Crippen LogP contribution >= 0.6 is 0 Å². The van der Waals surface area contributed by atoms with Gasteiger partial charge in [-0.15, -0.1) is 0 Å². The number of hydrazone groups is 1. The van der Waals surface area contributed by atoms with Gasteiger partial charge in [-0.3, -0.25) is 10.1 Å². The molecule has 0 amide bonds. The molecule has 3 aromatic rings. The molecule has 1 aromatic heterocycles. The second kappa shape index (κ2) is 9.79. The molecule has 2 N–H and O–H groups in total. The van der Waals surface area contributed by atoms with E-state index in [2.05, 4.69) is 30.8 Å². The fourth-order valence-electron chi connectivity index (χ4n) is 3.02. The standard InChI is InChI=1S/C21H22N8O3/c1-15-5-7-16(8-6-15)14-22-27-20-24-19(23-17-3-2-4-18(13-17)29(30)31)25-21(26-20)28-9-11-32-12-10-28/h2-8,13-14H,9-12H2,1H3,(H2,23,24,25,26,27)/b22-14+. The number of nitro benzene ring substituents is 1. The summed E-state index contributed by atoms with van der Waals surface area (Å²) in [6.45, 7) is 4.47. The summed E-state index contributed by atoms with van der Waals surface area (Å²) >= 11 is 0. The average Bonchev–Trinajstić information content (AvgIpc) is 2.81. The number of aryl methyl sites for hydroxylation is 1. The van der Waals surface area contributed by atoms with E-state index in [9.17, 15) is 10.1 Å². The Kier molecular flexibility index (Phi) is 6.46. The number of hydrogen-bond donors (Lipinski definition) is 2. The highest BCUT2D eigenvalue weighted by atomic mass is 16.6. The summed E-state index contributed by atoms with van der Waals surface area (Å²) in [7, 11) is 0. The first kappa shape index (κ1) is 21.1. The van der Waals surface area contributed by atoms with Crippen LogP contribution in [0.4, 0.5) is 29.2 Å². The van der Waals surface area contributed by atoms with Gasteiger partial charge in [0.15, 0.2) is 0 Å². The summed E-state index contributed by atoms with van der Waals surface area (Å²) in [5, 5.41) is 18.3. The predicted molar refractivity (Wildman–Crippen MR) is 122 cm³/mol. The third-order valence-corrected chi connectivity index (χ3v) is 4.69. The molecule has 0 radical (unpaired) electrons. The molecule has 0 spiro atoms. The van der Waals surface area contributed by atoms with Crippen molar-refractivity contribution >= 4 is 35.4 Å². The van der Waals surface area contributed by atoms with E-state index in [1.807, 2.05) is 36.1 Å². The molecule has 11 heteroatoms. The highest BCUT2D eigenvalue weighted by Crippen LogP contribution is 2.22. The highest BCUT2D eigenvalue weighted by Gasteiger charge is 2.17. The van der Waals surface area contributed by atoms with E-state index in [4.69, 9.17) is 4.74 Å². The third kappa shape index (κ3) is 5.52. The summed E-state index contributed by atoms with van der Waals surface area (Å²) in [5.74, 6) is 0.956. The molecular formula is C21H22N8O3. The number of morpholine rings is 1. The summed E-state index contributed by atoms with van der Waals surface area (Å²) in [6.07, 6.45) is 1.67. The molecule has 1 fully saturated rings. The minimum absolute atomic E-state index is 0.0292. The van der Waals surface area contributed by atoms with E-state index in [1.54, 1.807) is 18.3 Å². The topological polar surface area (TPSA) is 131 Å². The maximum Gasteiger partial charge on any atom is 0.271 e. The molecule has 32 heavy (non-hydrogen) atoms. The minimum atomic E-state index is -0.454. The van der Waals surface area contributed by atoms with Gasteiger partial charge in [-0.2, -0.15) is 20.1 Å². The van der Waals surface area contributed by atoms with Gasteiger partial charge in [0, 0.05) is 30.9 Å². The highest BCUT2D eigenvalue weighted by molar-refractivity contribution is 5.80. The molecule has 2 aromatic carbocycles. The van der Waals surface area contributed by atoms with Crippen LogP contribution in [-0.2, 0) is 4.74 Å². The van der Waals surface area contributed by atoms with Gasteiger partial charge >= 0.3 is 0 Å². The molecule has 0 aliphatic carbocycles. The van der Waals surface area contributed by atoms with Crippen molar-refractivity contribution in [2.45, 2.75) is 6.92 Å². The first-order valence-corrected chi connectivity index (χ1v) is 10.0. The van der Waals surface area contributed by atoms with Gasteiger partial charge < -0.3 is 15.0 Å². The molecule has 0 saturated carbocycles. The van der Waals surface area contributed by atoms with E-state index in [1.165, 1.54) is 17.7 Å². The van der Waals surface area contributed by atoms with Gasteiger partial charge in [0.1, 0.15) is 0 Å². The van der Waals surface area contributed by atoms with Gasteiger partial charge in [0.05, 0.1) is 24.4 Å². The van der Waals surface area contributed by atoms with Crippen LogP contribution in [0.3, 0.4) is 0 Å². The van der Waals surface area contributed by atoms with Crippen molar-refractivity contribution < 1.29 is 9.66 Å². The zero-order chi connectivity index (χ0) is 22.3. The minimum Gasteiger partial charge on any atom is -0.378 e. The Hall–Kier alpha value is -4.12. The smallest absolute Gasteiger partial charge is 0.271 e. The van der Waals surface area contributed by atoms with Crippen LogP contribution in [0.2, 0.25) is 0 Å². The number of nitrogens with one attached hydrogen (secondary N) is 2. The number of rotatable bonds is 7. The number of anilines is 4. The first-order chi connectivity index (χ1) is 15.6. The molecule has 164 valence electrons.